The molecule has 0 aliphatic carbocycles. The van der Waals surface area contributed by atoms with Crippen LogP contribution < -0.4 is 5.32 Å². The smallest absolute Gasteiger partial charge is 0.312 e. The SMILES string of the molecule is CCOC(=O)C1CNc2cc(C)nn2C1. The van der Waals surface area contributed by atoms with Gasteiger partial charge in [0.25, 0.3) is 0 Å². The fraction of sp³-hybridized carbons (Fsp3) is 0.600. The third-order valence-corrected chi connectivity index (χ3v) is 2.44. The van der Waals surface area contributed by atoms with E-state index in [1.807, 2.05) is 24.6 Å². The number of aryl methyl sites for hydroxylation is 1. The minimum Gasteiger partial charge on any atom is -0.466 e. The van der Waals surface area contributed by atoms with E-state index in [2.05, 4.69) is 10.4 Å². The molecule has 1 aliphatic rings. The summed E-state index contributed by atoms with van der Waals surface area (Å²) in [4.78, 5) is 11.5. The molecular formula is C10H15N3O2. The van der Waals surface area contributed by atoms with Crippen LogP contribution in [0, 0.1) is 12.8 Å². The summed E-state index contributed by atoms with van der Waals surface area (Å²) in [6.45, 7) is 5.42. The Hall–Kier alpha value is -1.52. The van der Waals surface area contributed by atoms with Crippen molar-refractivity contribution in [3.63, 3.8) is 0 Å². The maximum atomic E-state index is 11.5. The lowest BCUT2D eigenvalue weighted by Gasteiger charge is -2.23. The molecule has 0 bridgehead atoms. The van der Waals surface area contributed by atoms with Crippen LogP contribution in [0.15, 0.2) is 6.07 Å². The predicted octanol–water partition coefficient (Wildman–Crippen LogP) is 0.796. The number of nitrogens with zero attached hydrogens (tertiary/aromatic N) is 2. The van der Waals surface area contributed by atoms with Gasteiger partial charge >= 0.3 is 5.97 Å². The molecule has 5 heteroatoms. The van der Waals surface area contributed by atoms with E-state index in [1.165, 1.54) is 0 Å². The molecular weight excluding hydrogens is 194 g/mol. The van der Waals surface area contributed by atoms with E-state index in [0.29, 0.717) is 19.7 Å². The Morgan fingerprint density at radius 2 is 2.60 bits per heavy atom. The molecule has 2 heterocycles. The number of carbonyl (C=O) groups excluding carboxylic acids is 1. The van der Waals surface area contributed by atoms with Crippen molar-refractivity contribution in [3.8, 4) is 0 Å². The van der Waals surface area contributed by atoms with E-state index >= 15 is 0 Å². The van der Waals surface area contributed by atoms with Crippen molar-refractivity contribution in [2.24, 2.45) is 5.92 Å². The van der Waals surface area contributed by atoms with Gasteiger partial charge in [0.05, 0.1) is 24.8 Å². The molecule has 0 fully saturated rings. The Bertz CT molecular complexity index is 373. The number of carbonyl (C=O) groups is 1. The second-order valence-corrected chi connectivity index (χ2v) is 3.68. The molecule has 1 aromatic heterocycles. The summed E-state index contributed by atoms with van der Waals surface area (Å²) in [5.74, 6) is 0.702. The van der Waals surface area contributed by atoms with Crippen LogP contribution in [0.4, 0.5) is 5.82 Å². The lowest BCUT2D eigenvalue weighted by atomic mass is 10.1. The molecule has 0 aromatic carbocycles. The Kier molecular flexibility index (Phi) is 2.62. The number of ether oxygens (including phenoxy) is 1. The van der Waals surface area contributed by atoms with Crippen LogP contribution in [0.1, 0.15) is 12.6 Å². The first-order valence-electron chi connectivity index (χ1n) is 5.15. The van der Waals surface area contributed by atoms with Crippen molar-refractivity contribution >= 4 is 11.8 Å². The number of hydrogen-bond donors (Lipinski definition) is 1. The maximum absolute atomic E-state index is 11.5. The topological polar surface area (TPSA) is 56.1 Å². The van der Waals surface area contributed by atoms with Crippen molar-refractivity contribution < 1.29 is 9.53 Å². The van der Waals surface area contributed by atoms with Crippen LogP contribution in [0.3, 0.4) is 0 Å². The zero-order chi connectivity index (χ0) is 10.8. The van der Waals surface area contributed by atoms with Gasteiger partial charge in [-0.15, -0.1) is 0 Å². The molecule has 5 nitrogen and oxygen atoms in total. The zero-order valence-electron chi connectivity index (χ0n) is 8.99. The third kappa shape index (κ3) is 1.95. The van der Waals surface area contributed by atoms with E-state index in [1.54, 1.807) is 0 Å². The Balaban J connectivity index is 2.08. The molecule has 1 aliphatic heterocycles. The lowest BCUT2D eigenvalue weighted by Crippen LogP contribution is -2.34. The highest BCUT2D eigenvalue weighted by Crippen LogP contribution is 2.19. The van der Waals surface area contributed by atoms with Gasteiger partial charge in [-0.05, 0) is 13.8 Å². The number of rotatable bonds is 2. The second kappa shape index (κ2) is 3.92. The molecule has 1 unspecified atom stereocenters. The second-order valence-electron chi connectivity index (χ2n) is 3.68. The van der Waals surface area contributed by atoms with Gasteiger partial charge in [-0.1, -0.05) is 0 Å². The summed E-state index contributed by atoms with van der Waals surface area (Å²) < 4.78 is 6.80. The van der Waals surface area contributed by atoms with Gasteiger partial charge in [0.15, 0.2) is 0 Å². The lowest BCUT2D eigenvalue weighted by molar-refractivity contribution is -0.148. The average molecular weight is 209 g/mol. The van der Waals surface area contributed by atoms with E-state index in [0.717, 1.165) is 11.5 Å². The third-order valence-electron chi connectivity index (χ3n) is 2.44. The van der Waals surface area contributed by atoms with Crippen LogP contribution in [0.2, 0.25) is 0 Å². The molecule has 15 heavy (non-hydrogen) atoms. The standard InChI is InChI=1S/C10H15N3O2/c1-3-15-10(14)8-5-11-9-4-7(2)12-13(9)6-8/h4,8,11H,3,5-6H2,1-2H3. The summed E-state index contributed by atoms with van der Waals surface area (Å²) in [6, 6.07) is 1.97. The maximum Gasteiger partial charge on any atom is 0.312 e. The molecule has 0 spiro atoms. The number of hydrogen-bond acceptors (Lipinski definition) is 4. The zero-order valence-corrected chi connectivity index (χ0v) is 8.99. The highest BCUT2D eigenvalue weighted by Gasteiger charge is 2.26. The van der Waals surface area contributed by atoms with Crippen LogP contribution in [-0.4, -0.2) is 28.9 Å². The highest BCUT2D eigenvalue weighted by molar-refractivity contribution is 5.73. The summed E-state index contributed by atoms with van der Waals surface area (Å²) in [6.07, 6.45) is 0. The van der Waals surface area contributed by atoms with E-state index < -0.39 is 0 Å². The summed E-state index contributed by atoms with van der Waals surface area (Å²) in [7, 11) is 0. The van der Waals surface area contributed by atoms with Crippen molar-refractivity contribution in [2.75, 3.05) is 18.5 Å². The quantitative estimate of drug-likeness (QED) is 0.732. The predicted molar refractivity (Wildman–Crippen MR) is 55.6 cm³/mol. The summed E-state index contributed by atoms with van der Waals surface area (Å²) in [5, 5.41) is 7.46. The fourth-order valence-corrected chi connectivity index (χ4v) is 1.75. The van der Waals surface area contributed by atoms with Gasteiger partial charge in [0.1, 0.15) is 5.82 Å². The molecule has 0 radical (unpaired) electrons. The van der Waals surface area contributed by atoms with Crippen molar-refractivity contribution in [1.29, 1.82) is 0 Å². The van der Waals surface area contributed by atoms with Crippen LogP contribution in [-0.2, 0) is 16.1 Å². The normalized spacial score (nSPS) is 19.2. The largest absolute Gasteiger partial charge is 0.466 e. The summed E-state index contributed by atoms with van der Waals surface area (Å²) >= 11 is 0. The molecule has 82 valence electrons. The van der Waals surface area contributed by atoms with Gasteiger partial charge in [-0.3, -0.25) is 4.79 Å². The van der Waals surface area contributed by atoms with Crippen LogP contribution >= 0.6 is 0 Å². The van der Waals surface area contributed by atoms with Gasteiger partial charge in [0.2, 0.25) is 0 Å². The van der Waals surface area contributed by atoms with Gasteiger partial charge in [-0.2, -0.15) is 5.10 Å². The van der Waals surface area contributed by atoms with Crippen LogP contribution in [0.5, 0.6) is 0 Å². The molecule has 0 saturated carbocycles. The molecule has 1 atom stereocenters. The van der Waals surface area contributed by atoms with Crippen molar-refractivity contribution in [3.05, 3.63) is 11.8 Å². The van der Waals surface area contributed by atoms with Crippen molar-refractivity contribution in [2.45, 2.75) is 20.4 Å². The number of anilines is 1. The van der Waals surface area contributed by atoms with Crippen LogP contribution in [0.25, 0.3) is 0 Å². The molecule has 1 aromatic rings. The van der Waals surface area contributed by atoms with E-state index in [9.17, 15) is 4.79 Å². The molecule has 1 N–H and O–H groups in total. The minimum atomic E-state index is -0.149. The Morgan fingerprint density at radius 1 is 1.80 bits per heavy atom. The highest BCUT2D eigenvalue weighted by atomic mass is 16.5. The van der Waals surface area contributed by atoms with Gasteiger partial charge < -0.3 is 10.1 Å². The first-order chi connectivity index (χ1) is 7.20. The average Bonchev–Trinajstić information content (AvgIpc) is 2.57. The monoisotopic (exact) mass is 209 g/mol. The van der Waals surface area contributed by atoms with Crippen molar-refractivity contribution in [1.82, 2.24) is 9.78 Å². The van der Waals surface area contributed by atoms with E-state index in [4.69, 9.17) is 4.74 Å². The fourth-order valence-electron chi connectivity index (χ4n) is 1.75. The number of nitrogens with one attached hydrogen (secondary N) is 1. The first-order valence-corrected chi connectivity index (χ1v) is 5.15. The van der Waals surface area contributed by atoms with Gasteiger partial charge in [0, 0.05) is 12.6 Å². The number of esters is 1. The summed E-state index contributed by atoms with van der Waals surface area (Å²) in [5.41, 5.74) is 0.960. The molecule has 0 saturated heterocycles. The number of fused-ring (bicyclic) bond motifs is 1. The Morgan fingerprint density at radius 3 is 3.33 bits per heavy atom. The van der Waals surface area contributed by atoms with Gasteiger partial charge in [-0.25, -0.2) is 4.68 Å². The Labute approximate surface area is 88.4 Å². The minimum absolute atomic E-state index is 0.128. The first kappa shape index (κ1) is 10.0. The molecule has 0 amide bonds. The number of aromatic nitrogens is 2. The van der Waals surface area contributed by atoms with E-state index in [-0.39, 0.29) is 11.9 Å². The molecule has 2 rings (SSSR count).